The molecule has 6 heteroatoms. The topological polar surface area (TPSA) is 65.4 Å². The van der Waals surface area contributed by atoms with Crippen LogP contribution in [0.25, 0.3) is 0 Å². The molecule has 3 atom stereocenters. The summed E-state index contributed by atoms with van der Waals surface area (Å²) in [5, 5.41) is 7.44. The second-order valence-corrected chi connectivity index (χ2v) is 8.00. The van der Waals surface area contributed by atoms with Crippen molar-refractivity contribution in [2.45, 2.75) is 46.3 Å². The van der Waals surface area contributed by atoms with Crippen molar-refractivity contribution in [3.63, 3.8) is 0 Å². The monoisotopic (exact) mass is 385 g/mol. The lowest BCUT2D eigenvalue weighted by atomic mass is 9.94. The van der Waals surface area contributed by atoms with Gasteiger partial charge in [-0.15, -0.1) is 0 Å². The van der Waals surface area contributed by atoms with E-state index in [-0.39, 0.29) is 24.0 Å². The van der Waals surface area contributed by atoms with Crippen molar-refractivity contribution in [2.24, 2.45) is 18.9 Å². The van der Waals surface area contributed by atoms with Crippen LogP contribution in [0.4, 0.5) is 0 Å². The lowest BCUT2D eigenvalue weighted by Gasteiger charge is -2.21. The quantitative estimate of drug-likeness (QED) is 0.789. The van der Waals surface area contributed by atoms with E-state index in [4.69, 9.17) is 9.47 Å². The number of aryl methyl sites for hydroxylation is 1. The standard InChI is InChI=1S/C22H31N3O3/c1-14(2)13-28-18-8-6-17(7-9-18)15(3)24-22(26)19-10-11-27-21(19)20-12-23-25(5)16(20)4/h6-9,12,14-15,19,21H,10-11,13H2,1-5H3,(H,24,26)/t15?,19-,21-/m0/s1. The lowest BCUT2D eigenvalue weighted by Crippen LogP contribution is -2.34. The lowest BCUT2D eigenvalue weighted by molar-refractivity contribution is -0.127. The third-order valence-corrected chi connectivity index (χ3v) is 5.33. The van der Waals surface area contributed by atoms with Gasteiger partial charge < -0.3 is 14.8 Å². The number of hydrogen-bond donors (Lipinski definition) is 1. The molecule has 28 heavy (non-hydrogen) atoms. The molecule has 1 aromatic carbocycles. The summed E-state index contributed by atoms with van der Waals surface area (Å²) in [6.45, 7) is 9.54. The van der Waals surface area contributed by atoms with Crippen molar-refractivity contribution in [1.82, 2.24) is 15.1 Å². The number of carbonyl (C=O) groups is 1. The molecule has 1 aromatic heterocycles. The highest BCUT2D eigenvalue weighted by Gasteiger charge is 2.37. The number of nitrogens with zero attached hydrogens (tertiary/aromatic N) is 2. The number of rotatable bonds is 7. The van der Waals surface area contributed by atoms with Gasteiger partial charge in [0.1, 0.15) is 5.75 Å². The van der Waals surface area contributed by atoms with Crippen LogP contribution in [-0.4, -0.2) is 28.9 Å². The second-order valence-electron chi connectivity index (χ2n) is 8.00. The van der Waals surface area contributed by atoms with E-state index in [0.29, 0.717) is 19.1 Å². The first-order chi connectivity index (χ1) is 13.4. The van der Waals surface area contributed by atoms with Crippen LogP contribution in [0, 0.1) is 18.8 Å². The van der Waals surface area contributed by atoms with Gasteiger partial charge in [0.2, 0.25) is 5.91 Å². The Labute approximate surface area is 167 Å². The van der Waals surface area contributed by atoms with E-state index < -0.39 is 0 Å². The fourth-order valence-corrected chi connectivity index (χ4v) is 3.48. The molecule has 6 nitrogen and oxygen atoms in total. The zero-order valence-electron chi connectivity index (χ0n) is 17.4. The summed E-state index contributed by atoms with van der Waals surface area (Å²) in [5.41, 5.74) is 3.09. The fourth-order valence-electron chi connectivity index (χ4n) is 3.48. The van der Waals surface area contributed by atoms with Crippen LogP contribution >= 0.6 is 0 Å². The largest absolute Gasteiger partial charge is 0.493 e. The van der Waals surface area contributed by atoms with E-state index in [1.807, 2.05) is 56.0 Å². The van der Waals surface area contributed by atoms with E-state index in [1.54, 1.807) is 0 Å². The number of hydrogen-bond acceptors (Lipinski definition) is 4. The van der Waals surface area contributed by atoms with Gasteiger partial charge in [-0.05, 0) is 43.9 Å². The van der Waals surface area contributed by atoms with Crippen molar-refractivity contribution < 1.29 is 14.3 Å². The molecule has 2 heterocycles. The highest BCUT2D eigenvalue weighted by atomic mass is 16.5. The molecule has 1 saturated heterocycles. The summed E-state index contributed by atoms with van der Waals surface area (Å²) in [4.78, 5) is 12.9. The zero-order valence-corrected chi connectivity index (χ0v) is 17.4. The maximum absolute atomic E-state index is 12.9. The van der Waals surface area contributed by atoms with Gasteiger partial charge in [-0.25, -0.2) is 0 Å². The van der Waals surface area contributed by atoms with Crippen LogP contribution in [0.3, 0.4) is 0 Å². The number of amides is 1. The normalized spacial score (nSPS) is 20.4. The molecule has 0 spiro atoms. The predicted octanol–water partition coefficient (Wildman–Crippen LogP) is 3.72. The maximum Gasteiger partial charge on any atom is 0.226 e. The molecular formula is C22H31N3O3. The molecule has 1 amide bonds. The molecule has 3 rings (SSSR count). The summed E-state index contributed by atoms with van der Waals surface area (Å²) < 4.78 is 13.4. The molecule has 0 bridgehead atoms. The van der Waals surface area contributed by atoms with Gasteiger partial charge in [-0.1, -0.05) is 26.0 Å². The molecule has 1 N–H and O–H groups in total. The fraction of sp³-hybridized carbons (Fsp3) is 0.545. The summed E-state index contributed by atoms with van der Waals surface area (Å²) in [7, 11) is 1.90. The average Bonchev–Trinajstić information content (AvgIpc) is 3.27. The first-order valence-electron chi connectivity index (χ1n) is 10.00. The third kappa shape index (κ3) is 4.55. The van der Waals surface area contributed by atoms with Crippen molar-refractivity contribution in [3.05, 3.63) is 47.3 Å². The van der Waals surface area contributed by atoms with Crippen LogP contribution in [0.1, 0.15) is 56.2 Å². The summed E-state index contributed by atoms with van der Waals surface area (Å²) in [6, 6.07) is 7.85. The molecule has 0 saturated carbocycles. The second kappa shape index (κ2) is 8.78. The number of aromatic nitrogens is 2. The van der Waals surface area contributed by atoms with E-state index in [9.17, 15) is 4.79 Å². The molecule has 1 aliphatic heterocycles. The van der Waals surface area contributed by atoms with E-state index in [0.717, 1.165) is 29.0 Å². The van der Waals surface area contributed by atoms with Gasteiger partial charge in [0.05, 0.1) is 30.9 Å². The Morgan fingerprint density at radius 2 is 2.04 bits per heavy atom. The molecule has 1 fully saturated rings. The van der Waals surface area contributed by atoms with Crippen LogP contribution < -0.4 is 10.1 Å². The molecule has 1 aliphatic rings. The van der Waals surface area contributed by atoms with Crippen LogP contribution in [0.5, 0.6) is 5.75 Å². The van der Waals surface area contributed by atoms with Gasteiger partial charge in [0.15, 0.2) is 0 Å². The van der Waals surface area contributed by atoms with E-state index >= 15 is 0 Å². The summed E-state index contributed by atoms with van der Waals surface area (Å²) >= 11 is 0. The minimum atomic E-state index is -0.229. The first-order valence-corrected chi connectivity index (χ1v) is 10.00. The van der Waals surface area contributed by atoms with Crippen LogP contribution in [0.15, 0.2) is 30.5 Å². The number of carbonyl (C=O) groups excluding carboxylic acids is 1. The van der Waals surface area contributed by atoms with Gasteiger partial charge in [0.25, 0.3) is 0 Å². The minimum Gasteiger partial charge on any atom is -0.493 e. The minimum absolute atomic E-state index is 0.0263. The Bertz CT molecular complexity index is 798. The SMILES string of the molecule is Cc1c([C@H]2OCC[C@@H]2C(=O)NC(C)c2ccc(OCC(C)C)cc2)cnn1C. The predicted molar refractivity (Wildman–Crippen MR) is 108 cm³/mol. The Kier molecular flexibility index (Phi) is 6.39. The summed E-state index contributed by atoms with van der Waals surface area (Å²) in [6.07, 6.45) is 2.30. The van der Waals surface area contributed by atoms with Crippen LogP contribution in [-0.2, 0) is 16.6 Å². The molecule has 1 unspecified atom stereocenters. The molecule has 0 aliphatic carbocycles. The van der Waals surface area contributed by atoms with Gasteiger partial charge in [0, 0.05) is 24.9 Å². The van der Waals surface area contributed by atoms with Crippen molar-refractivity contribution in [2.75, 3.05) is 13.2 Å². The third-order valence-electron chi connectivity index (χ3n) is 5.33. The highest BCUT2D eigenvalue weighted by molar-refractivity contribution is 5.80. The van der Waals surface area contributed by atoms with Gasteiger partial charge in [-0.3, -0.25) is 9.48 Å². The highest BCUT2D eigenvalue weighted by Crippen LogP contribution is 2.36. The Morgan fingerprint density at radius 1 is 1.32 bits per heavy atom. The number of nitrogens with one attached hydrogen (secondary N) is 1. The average molecular weight is 386 g/mol. The number of benzene rings is 1. The first kappa shape index (κ1) is 20.4. The Morgan fingerprint density at radius 3 is 2.64 bits per heavy atom. The smallest absolute Gasteiger partial charge is 0.226 e. The number of ether oxygens (including phenoxy) is 2. The van der Waals surface area contributed by atoms with E-state index in [2.05, 4.69) is 24.3 Å². The van der Waals surface area contributed by atoms with Gasteiger partial charge in [-0.2, -0.15) is 5.10 Å². The van der Waals surface area contributed by atoms with Gasteiger partial charge >= 0.3 is 0 Å². The molecule has 152 valence electrons. The maximum atomic E-state index is 12.9. The molecular weight excluding hydrogens is 354 g/mol. The van der Waals surface area contributed by atoms with Crippen molar-refractivity contribution in [1.29, 1.82) is 0 Å². The van der Waals surface area contributed by atoms with Crippen molar-refractivity contribution >= 4 is 5.91 Å². The zero-order chi connectivity index (χ0) is 20.3. The van der Waals surface area contributed by atoms with Crippen molar-refractivity contribution in [3.8, 4) is 5.75 Å². The molecule has 2 aromatic rings. The molecule has 0 radical (unpaired) electrons. The van der Waals surface area contributed by atoms with E-state index in [1.165, 1.54) is 0 Å². The Hall–Kier alpha value is -2.34. The Balaban J connectivity index is 1.62. The van der Waals surface area contributed by atoms with Crippen LogP contribution in [0.2, 0.25) is 0 Å². The summed E-state index contributed by atoms with van der Waals surface area (Å²) in [5.74, 6) is 1.17.